The molecule has 3 atom stereocenters. The molecule has 1 saturated heterocycles. The van der Waals surface area contributed by atoms with Crippen molar-refractivity contribution in [2.45, 2.75) is 102 Å². The molecule has 0 unspecified atom stereocenters. The van der Waals surface area contributed by atoms with Crippen LogP contribution < -0.4 is 9.64 Å². The lowest BCUT2D eigenvalue weighted by atomic mass is 9.84. The smallest absolute Gasteiger partial charge is 0.410 e. The highest BCUT2D eigenvalue weighted by atomic mass is 35.5. The van der Waals surface area contributed by atoms with Gasteiger partial charge in [0.2, 0.25) is 8.32 Å². The Balaban J connectivity index is 1.49. The second kappa shape index (κ2) is 18.8. The number of hydrogen-bond donors (Lipinski definition) is 0. The summed E-state index contributed by atoms with van der Waals surface area (Å²) in [5, 5.41) is 0. The van der Waals surface area contributed by atoms with Crippen LogP contribution in [0.1, 0.15) is 76.1 Å². The van der Waals surface area contributed by atoms with Gasteiger partial charge in [0.25, 0.3) is 0 Å². The number of carbonyl (C=O) groups is 1. The van der Waals surface area contributed by atoms with Gasteiger partial charge in [0.05, 0.1) is 37.6 Å². The molecule has 0 spiro atoms. The number of nitrogens with zero attached hydrogens (tertiary/aromatic N) is 2. The number of carbonyl (C=O) groups excluding carboxylic acids is 1. The maximum atomic E-state index is 13.9. The van der Waals surface area contributed by atoms with Gasteiger partial charge in [-0.25, -0.2) is 4.79 Å². The van der Waals surface area contributed by atoms with Crippen LogP contribution in [0.3, 0.4) is 0 Å². The first kappa shape index (κ1) is 40.1. The first-order valence-electron chi connectivity index (χ1n) is 19.0. The van der Waals surface area contributed by atoms with Crippen LogP contribution in [0, 0.1) is 0 Å². The van der Waals surface area contributed by atoms with Crippen molar-refractivity contribution in [3.8, 4) is 5.75 Å². The summed E-state index contributed by atoms with van der Waals surface area (Å²) >= 11 is 6.24. The van der Waals surface area contributed by atoms with Crippen LogP contribution >= 0.6 is 11.6 Å². The molecule has 52 heavy (non-hydrogen) atoms. The van der Waals surface area contributed by atoms with E-state index >= 15 is 0 Å². The third-order valence-corrected chi connectivity index (χ3v) is 17.3. The fourth-order valence-electron chi connectivity index (χ4n) is 8.37. The Hall–Kier alpha value is -3.08. The zero-order valence-corrected chi connectivity index (χ0v) is 33.9. The highest BCUT2D eigenvalue weighted by Gasteiger charge is 2.51. The molecule has 0 N–H and O–H groups in total. The number of rotatable bonds is 16. The molecular weight excluding hydrogens is 692 g/mol. The van der Waals surface area contributed by atoms with Crippen LogP contribution in [-0.4, -0.2) is 78.0 Å². The molecule has 2 heterocycles. The van der Waals surface area contributed by atoms with Gasteiger partial charge >= 0.3 is 6.09 Å². The molecular formula is C42H59ClN2O6Si. The molecule has 0 radical (unpaired) electrons. The van der Waals surface area contributed by atoms with Gasteiger partial charge in [0, 0.05) is 38.6 Å². The second-order valence-corrected chi connectivity index (χ2v) is 20.8. The molecule has 0 aliphatic carbocycles. The standard InChI is InChI=1S/C42H59ClN2O6Si/c1-30(2)52(31(3)4,32(5)6)51-40-27-45(42(46)50-28-34-12-9-8-10-13-34)26-39(41(40)36-17-14-33(25-43)15-18-36)49-29-35-16-19-38-37(24-35)44(21-23-48-38)20-11-22-47-7/h8-10,12-19,24,30-32,39-41H,11,20-23,25-29H2,1-7H3/t39-,40+,41+/m0/s1. The Morgan fingerprint density at radius 2 is 1.54 bits per heavy atom. The van der Waals surface area contributed by atoms with Crippen molar-refractivity contribution in [1.29, 1.82) is 0 Å². The highest BCUT2D eigenvalue weighted by Crippen LogP contribution is 2.46. The van der Waals surface area contributed by atoms with E-state index in [1.54, 1.807) is 12.0 Å². The fraction of sp³-hybridized carbons (Fsp3) is 0.548. The number of benzene rings is 3. The van der Waals surface area contributed by atoms with Crippen molar-refractivity contribution in [2.24, 2.45) is 0 Å². The normalized spacial score (nSPS) is 19.2. The molecule has 8 nitrogen and oxygen atoms in total. The molecule has 10 heteroatoms. The van der Waals surface area contributed by atoms with Gasteiger partial charge in [0.1, 0.15) is 19.0 Å². The van der Waals surface area contributed by atoms with E-state index in [0.717, 1.165) is 53.2 Å². The largest absolute Gasteiger partial charge is 0.490 e. The van der Waals surface area contributed by atoms with Gasteiger partial charge in [-0.1, -0.05) is 102 Å². The summed E-state index contributed by atoms with van der Waals surface area (Å²) < 4.78 is 31.8. The Morgan fingerprint density at radius 1 is 0.865 bits per heavy atom. The topological polar surface area (TPSA) is 69.7 Å². The van der Waals surface area contributed by atoms with Crippen LogP contribution in [0.2, 0.25) is 16.6 Å². The SMILES string of the molecule is COCCCN1CCOc2ccc(CO[C@H]3CN(C(=O)OCc4ccccc4)C[C@@H](O[Si](C(C)C)(C(C)C)C(C)C)[C@@H]3c3ccc(CCl)cc3)cc21. The monoisotopic (exact) mass is 750 g/mol. The average Bonchev–Trinajstić information content (AvgIpc) is 3.15. The minimum atomic E-state index is -2.38. The first-order chi connectivity index (χ1) is 25.1. The number of hydrogen-bond acceptors (Lipinski definition) is 7. The van der Waals surface area contributed by atoms with Crippen molar-refractivity contribution in [2.75, 3.05) is 51.4 Å². The maximum absolute atomic E-state index is 13.9. The molecule has 1 amide bonds. The number of anilines is 1. The average molecular weight is 751 g/mol. The van der Waals surface area contributed by atoms with Crippen LogP contribution in [0.15, 0.2) is 72.8 Å². The third kappa shape index (κ3) is 9.52. The van der Waals surface area contributed by atoms with E-state index in [-0.39, 0.29) is 30.8 Å². The van der Waals surface area contributed by atoms with E-state index in [2.05, 4.69) is 82.8 Å². The van der Waals surface area contributed by atoms with Crippen LogP contribution in [0.5, 0.6) is 5.75 Å². The van der Waals surface area contributed by atoms with Crippen LogP contribution in [-0.2, 0) is 37.7 Å². The molecule has 3 aromatic carbocycles. The predicted octanol–water partition coefficient (Wildman–Crippen LogP) is 9.54. The second-order valence-electron chi connectivity index (χ2n) is 15.2. The quantitative estimate of drug-likeness (QED) is 0.0821. The van der Waals surface area contributed by atoms with E-state index in [9.17, 15) is 4.79 Å². The zero-order valence-electron chi connectivity index (χ0n) is 32.2. The van der Waals surface area contributed by atoms with E-state index in [0.29, 0.717) is 55.4 Å². The van der Waals surface area contributed by atoms with Crippen LogP contribution in [0.25, 0.3) is 0 Å². The number of alkyl halides is 1. The first-order valence-corrected chi connectivity index (χ1v) is 21.6. The summed E-state index contributed by atoms with van der Waals surface area (Å²) in [6.07, 6.45) is -0.0651. The van der Waals surface area contributed by atoms with Gasteiger partial charge in [0.15, 0.2) is 0 Å². The zero-order chi connectivity index (χ0) is 37.3. The van der Waals surface area contributed by atoms with E-state index in [1.165, 1.54) is 0 Å². The Labute approximate surface area is 317 Å². The lowest BCUT2D eigenvalue weighted by molar-refractivity contribution is -0.0663. The minimum absolute atomic E-state index is 0.114. The Morgan fingerprint density at radius 3 is 2.19 bits per heavy atom. The predicted molar refractivity (Wildman–Crippen MR) is 212 cm³/mol. The molecule has 1 fully saturated rings. The summed E-state index contributed by atoms with van der Waals surface area (Å²) in [6, 6.07) is 24.6. The fourth-order valence-corrected chi connectivity index (χ4v) is 14.1. The summed E-state index contributed by atoms with van der Waals surface area (Å²) in [4.78, 5) is 18.1. The molecule has 0 bridgehead atoms. The summed E-state index contributed by atoms with van der Waals surface area (Å²) in [5.41, 5.74) is 6.38. The molecule has 3 aromatic rings. The molecule has 2 aliphatic heterocycles. The van der Waals surface area contributed by atoms with E-state index in [1.807, 2.05) is 36.4 Å². The Bertz CT molecular complexity index is 1530. The number of fused-ring (bicyclic) bond motifs is 1. The van der Waals surface area contributed by atoms with Crippen molar-refractivity contribution in [3.63, 3.8) is 0 Å². The van der Waals surface area contributed by atoms with Gasteiger partial charge in [-0.05, 0) is 57.4 Å². The van der Waals surface area contributed by atoms with Gasteiger partial charge in [-0.15, -0.1) is 11.6 Å². The van der Waals surface area contributed by atoms with Gasteiger partial charge < -0.3 is 33.2 Å². The van der Waals surface area contributed by atoms with E-state index < -0.39 is 8.32 Å². The van der Waals surface area contributed by atoms with E-state index in [4.69, 9.17) is 35.0 Å². The number of halogens is 1. The molecule has 284 valence electrons. The van der Waals surface area contributed by atoms with Gasteiger partial charge in [-0.2, -0.15) is 0 Å². The van der Waals surface area contributed by atoms with Crippen LogP contribution in [0.4, 0.5) is 10.5 Å². The number of likely N-dealkylation sites (tertiary alicyclic amines) is 1. The third-order valence-electron chi connectivity index (χ3n) is 10.9. The van der Waals surface area contributed by atoms with Gasteiger partial charge in [-0.3, -0.25) is 0 Å². The summed E-state index contributed by atoms with van der Waals surface area (Å²) in [6.45, 7) is 18.3. The van der Waals surface area contributed by atoms with Crippen molar-refractivity contribution in [1.82, 2.24) is 4.90 Å². The molecule has 2 aliphatic rings. The molecule has 5 rings (SSSR count). The number of amides is 1. The van der Waals surface area contributed by atoms with Crippen molar-refractivity contribution >= 4 is 31.7 Å². The molecule has 0 saturated carbocycles. The lowest BCUT2D eigenvalue weighted by Crippen LogP contribution is -2.59. The summed E-state index contributed by atoms with van der Waals surface area (Å²) in [5.74, 6) is 1.22. The number of methoxy groups -OCH3 is 1. The van der Waals surface area contributed by atoms with Crippen molar-refractivity contribution < 1.29 is 28.2 Å². The molecule has 0 aromatic heterocycles. The van der Waals surface area contributed by atoms with Crippen molar-refractivity contribution in [3.05, 3.63) is 95.1 Å². The summed E-state index contributed by atoms with van der Waals surface area (Å²) in [7, 11) is -0.642. The number of piperidine rings is 1. The minimum Gasteiger partial charge on any atom is -0.490 e. The highest BCUT2D eigenvalue weighted by molar-refractivity contribution is 6.77. The maximum Gasteiger partial charge on any atom is 0.410 e. The Kier molecular flexibility index (Phi) is 14.5. The number of ether oxygens (including phenoxy) is 4. The lowest BCUT2D eigenvalue weighted by Gasteiger charge is -2.50.